The van der Waals surface area contributed by atoms with E-state index in [1.165, 1.54) is 11.1 Å². The maximum atomic E-state index is 5.99. The summed E-state index contributed by atoms with van der Waals surface area (Å²) in [5.74, 6) is 1.81. The molecule has 0 spiro atoms. The van der Waals surface area contributed by atoms with Gasteiger partial charge < -0.3 is 14.2 Å². The summed E-state index contributed by atoms with van der Waals surface area (Å²) < 4.78 is 16.9. The normalized spacial score (nSPS) is 25.9. The van der Waals surface area contributed by atoms with E-state index < -0.39 is 0 Å². The fraction of sp³-hybridized carbons (Fsp3) is 0.529. The quantitative estimate of drug-likeness (QED) is 0.770. The van der Waals surface area contributed by atoms with Crippen molar-refractivity contribution in [3.05, 3.63) is 35.4 Å². The van der Waals surface area contributed by atoms with Crippen molar-refractivity contribution in [3.8, 4) is 11.5 Å². The number of rotatable bonds is 2. The van der Waals surface area contributed by atoms with Gasteiger partial charge in [0.05, 0.1) is 7.11 Å². The molecule has 0 N–H and O–H groups in total. The molecule has 0 fully saturated rings. The lowest BCUT2D eigenvalue weighted by atomic mass is 9.98. The van der Waals surface area contributed by atoms with Gasteiger partial charge in [-0.25, -0.2) is 0 Å². The summed E-state index contributed by atoms with van der Waals surface area (Å²) in [4.78, 5) is 0. The standard InChI is InChI=1S/C17H24O3/c1-13-6-5-7-14-10-15(18-3)8-9-16(14)20-12-17(2,11-13)19-4/h8-11H,5-7,12H2,1-4H3/b13-11-. The molecule has 0 saturated carbocycles. The van der Waals surface area contributed by atoms with Crippen molar-refractivity contribution in [2.45, 2.75) is 38.7 Å². The summed E-state index contributed by atoms with van der Waals surface area (Å²) in [5, 5.41) is 0. The van der Waals surface area contributed by atoms with Crippen molar-refractivity contribution in [2.24, 2.45) is 0 Å². The van der Waals surface area contributed by atoms with Crippen LogP contribution >= 0.6 is 0 Å². The van der Waals surface area contributed by atoms with E-state index in [2.05, 4.69) is 26.0 Å². The summed E-state index contributed by atoms with van der Waals surface area (Å²) in [5.41, 5.74) is 2.18. The van der Waals surface area contributed by atoms with Crippen LogP contribution < -0.4 is 9.47 Å². The predicted octanol–water partition coefficient (Wildman–Crippen LogP) is 3.76. The van der Waals surface area contributed by atoms with Gasteiger partial charge in [-0.15, -0.1) is 0 Å². The Balaban J connectivity index is 2.28. The monoisotopic (exact) mass is 276 g/mol. The average molecular weight is 276 g/mol. The zero-order valence-electron chi connectivity index (χ0n) is 12.9. The van der Waals surface area contributed by atoms with Crippen LogP contribution in [0, 0.1) is 0 Å². The molecule has 110 valence electrons. The fourth-order valence-corrected chi connectivity index (χ4v) is 2.55. The minimum absolute atomic E-state index is 0.376. The summed E-state index contributed by atoms with van der Waals surface area (Å²) in [6, 6.07) is 6.00. The third-order valence-electron chi connectivity index (χ3n) is 3.82. The first-order valence-corrected chi connectivity index (χ1v) is 7.09. The van der Waals surface area contributed by atoms with Crippen LogP contribution in [-0.2, 0) is 11.2 Å². The minimum Gasteiger partial charge on any atom is -0.497 e. The van der Waals surface area contributed by atoms with Crippen LogP contribution in [0.3, 0.4) is 0 Å². The van der Waals surface area contributed by atoms with Gasteiger partial charge in [0, 0.05) is 7.11 Å². The topological polar surface area (TPSA) is 27.7 Å². The van der Waals surface area contributed by atoms with Crippen LogP contribution in [0.15, 0.2) is 29.8 Å². The first-order valence-electron chi connectivity index (χ1n) is 7.09. The number of hydrogen-bond donors (Lipinski definition) is 0. The third kappa shape index (κ3) is 3.54. The first kappa shape index (κ1) is 14.9. The lowest BCUT2D eigenvalue weighted by Gasteiger charge is -2.27. The molecule has 1 aliphatic rings. The van der Waals surface area contributed by atoms with Crippen molar-refractivity contribution in [3.63, 3.8) is 0 Å². The highest BCUT2D eigenvalue weighted by atomic mass is 16.5. The van der Waals surface area contributed by atoms with Gasteiger partial charge in [-0.05, 0) is 56.9 Å². The number of benzene rings is 1. The molecule has 1 unspecified atom stereocenters. The summed E-state index contributed by atoms with van der Waals surface area (Å²) in [7, 11) is 3.42. The fourth-order valence-electron chi connectivity index (χ4n) is 2.55. The van der Waals surface area contributed by atoms with Crippen molar-refractivity contribution in [1.82, 2.24) is 0 Å². The average Bonchev–Trinajstić information content (AvgIpc) is 2.45. The molecule has 1 aromatic carbocycles. The van der Waals surface area contributed by atoms with Gasteiger partial charge in [0.2, 0.25) is 0 Å². The molecule has 0 bridgehead atoms. The highest BCUT2D eigenvalue weighted by Crippen LogP contribution is 2.29. The molecule has 0 aliphatic carbocycles. The molecule has 0 aromatic heterocycles. The summed E-state index contributed by atoms with van der Waals surface area (Å²) >= 11 is 0. The van der Waals surface area contributed by atoms with Crippen LogP contribution in [0.2, 0.25) is 0 Å². The van der Waals surface area contributed by atoms with E-state index in [4.69, 9.17) is 14.2 Å². The van der Waals surface area contributed by atoms with Crippen LogP contribution in [0.25, 0.3) is 0 Å². The maximum Gasteiger partial charge on any atom is 0.122 e. The predicted molar refractivity (Wildman–Crippen MR) is 80.6 cm³/mol. The van der Waals surface area contributed by atoms with E-state index >= 15 is 0 Å². The van der Waals surface area contributed by atoms with Crippen LogP contribution in [0.4, 0.5) is 0 Å². The lowest BCUT2D eigenvalue weighted by molar-refractivity contribution is 0.00761. The molecule has 1 heterocycles. The smallest absolute Gasteiger partial charge is 0.122 e. The van der Waals surface area contributed by atoms with E-state index in [9.17, 15) is 0 Å². The Bertz CT molecular complexity index is 493. The number of hydrogen-bond acceptors (Lipinski definition) is 3. The molecular formula is C17H24O3. The molecule has 1 aromatic rings. The molecule has 3 nitrogen and oxygen atoms in total. The molecule has 0 radical (unpaired) electrons. The molecule has 0 amide bonds. The number of aryl methyl sites for hydroxylation is 1. The van der Waals surface area contributed by atoms with Crippen molar-refractivity contribution in [2.75, 3.05) is 20.8 Å². The van der Waals surface area contributed by atoms with Crippen LogP contribution in [0.1, 0.15) is 32.3 Å². The van der Waals surface area contributed by atoms with Gasteiger partial charge in [-0.3, -0.25) is 0 Å². The van der Waals surface area contributed by atoms with E-state index in [1.54, 1.807) is 14.2 Å². The minimum atomic E-state index is -0.376. The molecule has 3 heteroatoms. The summed E-state index contributed by atoms with van der Waals surface area (Å²) in [6.45, 7) is 4.73. The molecule has 1 aliphatic heterocycles. The van der Waals surface area contributed by atoms with Gasteiger partial charge in [-0.2, -0.15) is 0 Å². The Labute approximate surface area is 121 Å². The summed E-state index contributed by atoms with van der Waals surface area (Å²) in [6.07, 6.45) is 5.37. The molecule has 1 atom stereocenters. The second kappa shape index (κ2) is 6.31. The number of ether oxygens (including phenoxy) is 3. The van der Waals surface area contributed by atoms with E-state index in [1.807, 2.05) is 12.1 Å². The van der Waals surface area contributed by atoms with Crippen molar-refractivity contribution < 1.29 is 14.2 Å². The Morgan fingerprint density at radius 1 is 1.20 bits per heavy atom. The number of methoxy groups -OCH3 is 2. The first-order chi connectivity index (χ1) is 9.56. The van der Waals surface area contributed by atoms with Crippen molar-refractivity contribution in [1.29, 1.82) is 0 Å². The number of fused-ring (bicyclic) bond motifs is 1. The molecule has 2 rings (SSSR count). The van der Waals surface area contributed by atoms with E-state index in [-0.39, 0.29) is 5.60 Å². The zero-order chi connectivity index (χ0) is 14.6. The highest BCUT2D eigenvalue weighted by Gasteiger charge is 2.23. The molecule has 20 heavy (non-hydrogen) atoms. The van der Waals surface area contributed by atoms with Gasteiger partial charge in [0.1, 0.15) is 23.7 Å². The second-order valence-corrected chi connectivity index (χ2v) is 5.62. The second-order valence-electron chi connectivity index (χ2n) is 5.62. The largest absolute Gasteiger partial charge is 0.497 e. The Hall–Kier alpha value is -1.48. The molecule has 0 saturated heterocycles. The SMILES string of the molecule is COc1ccc2c(c1)CCC/C(C)=C\C(C)(OC)CO2. The van der Waals surface area contributed by atoms with Crippen LogP contribution in [-0.4, -0.2) is 26.4 Å². The Kier molecular flexibility index (Phi) is 4.71. The van der Waals surface area contributed by atoms with Gasteiger partial charge in [0.25, 0.3) is 0 Å². The van der Waals surface area contributed by atoms with E-state index in [0.29, 0.717) is 6.61 Å². The zero-order valence-corrected chi connectivity index (χ0v) is 12.9. The van der Waals surface area contributed by atoms with Gasteiger partial charge in [0.15, 0.2) is 0 Å². The van der Waals surface area contributed by atoms with Crippen molar-refractivity contribution >= 4 is 0 Å². The third-order valence-corrected chi connectivity index (χ3v) is 3.82. The van der Waals surface area contributed by atoms with Crippen LogP contribution in [0.5, 0.6) is 11.5 Å². The lowest BCUT2D eigenvalue weighted by Crippen LogP contribution is -2.33. The Morgan fingerprint density at radius 2 is 2.00 bits per heavy atom. The van der Waals surface area contributed by atoms with E-state index in [0.717, 1.165) is 30.8 Å². The van der Waals surface area contributed by atoms with Gasteiger partial charge in [-0.1, -0.05) is 11.6 Å². The maximum absolute atomic E-state index is 5.99. The Morgan fingerprint density at radius 3 is 2.70 bits per heavy atom. The highest BCUT2D eigenvalue weighted by molar-refractivity contribution is 5.40. The number of allylic oxidation sites excluding steroid dienone is 1. The molecular weight excluding hydrogens is 252 g/mol. The van der Waals surface area contributed by atoms with Gasteiger partial charge >= 0.3 is 0 Å².